The van der Waals surface area contributed by atoms with Gasteiger partial charge in [-0.3, -0.25) is 0 Å². The van der Waals surface area contributed by atoms with Crippen molar-refractivity contribution in [3.63, 3.8) is 0 Å². The Morgan fingerprint density at radius 2 is 2.35 bits per heavy atom. The van der Waals surface area contributed by atoms with Crippen LogP contribution in [0.4, 0.5) is 10.8 Å². The molecule has 2 aromatic rings. The second-order valence-electron chi connectivity index (χ2n) is 3.24. The van der Waals surface area contributed by atoms with Gasteiger partial charge in [0.05, 0.1) is 13.2 Å². The Kier molecular flexibility index (Phi) is 3.43. The molecule has 17 heavy (non-hydrogen) atoms. The van der Waals surface area contributed by atoms with Crippen LogP contribution in [-0.4, -0.2) is 21.1 Å². The third-order valence-corrected chi connectivity index (χ3v) is 2.74. The van der Waals surface area contributed by atoms with E-state index in [1.54, 1.807) is 6.92 Å². The Bertz CT molecular complexity index is 495. The van der Waals surface area contributed by atoms with Gasteiger partial charge in [0.25, 0.3) is 0 Å². The number of rotatable bonds is 5. The number of aromatic nitrogens is 3. The molecule has 2 heterocycles. The SMILES string of the molecule is CCOc1c(N)nsc1NCc1noc(C)n1. The standard InChI is InChI=1S/C9H13N5O2S/c1-3-15-7-8(10)14-17-9(7)11-4-6-12-5(2)16-13-6/h11H,3-4H2,1-2H3,(H2,10,14). The van der Waals surface area contributed by atoms with Gasteiger partial charge in [0.2, 0.25) is 5.89 Å². The average molecular weight is 255 g/mol. The van der Waals surface area contributed by atoms with Gasteiger partial charge in [-0.2, -0.15) is 9.36 Å². The van der Waals surface area contributed by atoms with Crippen LogP contribution in [0.5, 0.6) is 5.75 Å². The average Bonchev–Trinajstić information content (AvgIpc) is 2.86. The van der Waals surface area contributed by atoms with Gasteiger partial charge >= 0.3 is 0 Å². The van der Waals surface area contributed by atoms with Crippen molar-refractivity contribution in [3.05, 3.63) is 11.7 Å². The second-order valence-corrected chi connectivity index (χ2v) is 4.02. The summed E-state index contributed by atoms with van der Waals surface area (Å²) in [7, 11) is 0. The fourth-order valence-corrected chi connectivity index (χ4v) is 1.92. The summed E-state index contributed by atoms with van der Waals surface area (Å²) >= 11 is 1.24. The molecule has 0 aliphatic rings. The zero-order valence-electron chi connectivity index (χ0n) is 9.56. The van der Waals surface area contributed by atoms with Gasteiger partial charge in [-0.25, -0.2) is 0 Å². The highest BCUT2D eigenvalue weighted by molar-refractivity contribution is 7.11. The molecule has 2 rings (SSSR count). The van der Waals surface area contributed by atoms with Crippen LogP contribution in [0, 0.1) is 6.92 Å². The van der Waals surface area contributed by atoms with Gasteiger partial charge in [-0.05, 0) is 18.5 Å². The van der Waals surface area contributed by atoms with Gasteiger partial charge < -0.3 is 20.3 Å². The van der Waals surface area contributed by atoms with E-state index < -0.39 is 0 Å². The summed E-state index contributed by atoms with van der Waals surface area (Å²) in [5.74, 6) is 2.09. The number of hydrogen-bond acceptors (Lipinski definition) is 8. The zero-order chi connectivity index (χ0) is 12.3. The van der Waals surface area contributed by atoms with Gasteiger partial charge in [-0.1, -0.05) is 5.16 Å². The van der Waals surface area contributed by atoms with Crippen LogP contribution in [-0.2, 0) is 6.54 Å². The van der Waals surface area contributed by atoms with Crippen molar-refractivity contribution < 1.29 is 9.26 Å². The number of aryl methyl sites for hydroxylation is 1. The van der Waals surface area contributed by atoms with E-state index in [1.165, 1.54) is 11.5 Å². The zero-order valence-corrected chi connectivity index (χ0v) is 10.4. The Balaban J connectivity index is 2.03. The minimum Gasteiger partial charge on any atom is -0.487 e. The number of nitrogens with zero attached hydrogens (tertiary/aromatic N) is 3. The Morgan fingerprint density at radius 3 is 3.00 bits per heavy atom. The van der Waals surface area contributed by atoms with E-state index in [1.807, 2.05) is 6.92 Å². The Hall–Kier alpha value is -1.83. The van der Waals surface area contributed by atoms with Crippen LogP contribution < -0.4 is 15.8 Å². The van der Waals surface area contributed by atoms with Crippen molar-refractivity contribution in [2.24, 2.45) is 0 Å². The minimum absolute atomic E-state index is 0.392. The van der Waals surface area contributed by atoms with Crippen molar-refractivity contribution in [2.45, 2.75) is 20.4 Å². The first-order valence-corrected chi connectivity index (χ1v) is 5.89. The summed E-state index contributed by atoms with van der Waals surface area (Å²) in [5.41, 5.74) is 5.69. The van der Waals surface area contributed by atoms with Gasteiger partial charge in [0.15, 0.2) is 22.4 Å². The van der Waals surface area contributed by atoms with Crippen molar-refractivity contribution in [2.75, 3.05) is 17.7 Å². The number of nitrogens with one attached hydrogen (secondary N) is 1. The number of hydrogen-bond donors (Lipinski definition) is 2. The van der Waals surface area contributed by atoms with Crippen molar-refractivity contribution in [1.29, 1.82) is 0 Å². The van der Waals surface area contributed by atoms with Crippen LogP contribution >= 0.6 is 11.5 Å². The molecule has 8 heteroatoms. The maximum absolute atomic E-state index is 5.69. The molecule has 0 aliphatic heterocycles. The summed E-state index contributed by atoms with van der Waals surface area (Å²) in [4.78, 5) is 4.08. The molecule has 0 saturated carbocycles. The fourth-order valence-electron chi connectivity index (χ4n) is 1.26. The first-order valence-electron chi connectivity index (χ1n) is 5.11. The predicted molar refractivity (Wildman–Crippen MR) is 64.1 cm³/mol. The van der Waals surface area contributed by atoms with Crippen LogP contribution in [0.1, 0.15) is 18.6 Å². The maximum Gasteiger partial charge on any atom is 0.223 e. The van der Waals surface area contributed by atoms with E-state index in [9.17, 15) is 0 Å². The van der Waals surface area contributed by atoms with Crippen molar-refractivity contribution in [3.8, 4) is 5.75 Å². The number of anilines is 2. The molecule has 0 unspecified atom stereocenters. The summed E-state index contributed by atoms with van der Waals surface area (Å²) in [6.07, 6.45) is 0. The number of ether oxygens (including phenoxy) is 1. The third kappa shape index (κ3) is 2.64. The third-order valence-electron chi connectivity index (χ3n) is 1.94. The lowest BCUT2D eigenvalue weighted by Gasteiger charge is -2.05. The molecule has 92 valence electrons. The molecule has 0 spiro atoms. The van der Waals surface area contributed by atoms with Gasteiger partial charge in [0, 0.05) is 6.92 Å². The lowest BCUT2D eigenvalue weighted by molar-refractivity contribution is 0.344. The molecule has 2 aromatic heterocycles. The molecule has 0 fully saturated rings. The topological polar surface area (TPSA) is 99.1 Å². The molecule has 3 N–H and O–H groups in total. The lowest BCUT2D eigenvalue weighted by atomic mass is 10.5. The highest BCUT2D eigenvalue weighted by Crippen LogP contribution is 2.35. The van der Waals surface area contributed by atoms with Crippen molar-refractivity contribution in [1.82, 2.24) is 14.5 Å². The molecule has 0 bridgehead atoms. The highest BCUT2D eigenvalue weighted by Gasteiger charge is 2.13. The first kappa shape index (κ1) is 11.6. The van der Waals surface area contributed by atoms with E-state index in [-0.39, 0.29) is 0 Å². The Labute approximate surface area is 102 Å². The first-order chi connectivity index (χ1) is 8.20. The second kappa shape index (κ2) is 5.00. The maximum atomic E-state index is 5.69. The molecular weight excluding hydrogens is 242 g/mol. The van der Waals surface area contributed by atoms with Crippen LogP contribution in [0.25, 0.3) is 0 Å². The van der Waals surface area contributed by atoms with Gasteiger partial charge in [-0.15, -0.1) is 0 Å². The molecule has 0 saturated heterocycles. The quantitative estimate of drug-likeness (QED) is 0.833. The molecular formula is C9H13N5O2S. The van der Waals surface area contributed by atoms with Gasteiger partial charge in [0.1, 0.15) is 0 Å². The van der Waals surface area contributed by atoms with Crippen LogP contribution in [0.2, 0.25) is 0 Å². The monoisotopic (exact) mass is 255 g/mol. The molecule has 0 atom stereocenters. The normalized spacial score (nSPS) is 10.5. The van der Waals surface area contributed by atoms with E-state index >= 15 is 0 Å². The molecule has 7 nitrogen and oxygen atoms in total. The van der Waals surface area contributed by atoms with Crippen LogP contribution in [0.15, 0.2) is 4.52 Å². The summed E-state index contributed by atoms with van der Waals surface area (Å²) < 4.78 is 14.3. The van der Waals surface area contributed by atoms with Crippen LogP contribution in [0.3, 0.4) is 0 Å². The van der Waals surface area contributed by atoms with E-state index in [0.717, 1.165) is 5.00 Å². The fraction of sp³-hybridized carbons (Fsp3) is 0.444. The lowest BCUT2D eigenvalue weighted by Crippen LogP contribution is -2.02. The van der Waals surface area contributed by atoms with Crippen molar-refractivity contribution >= 4 is 22.4 Å². The summed E-state index contributed by atoms with van der Waals surface area (Å²) in [6.45, 7) is 4.62. The molecule has 0 radical (unpaired) electrons. The molecule has 0 amide bonds. The predicted octanol–water partition coefficient (Wildman–Crippen LogP) is 1.43. The number of nitrogens with two attached hydrogens (primary N) is 1. The smallest absolute Gasteiger partial charge is 0.223 e. The van der Waals surface area contributed by atoms with E-state index in [0.29, 0.717) is 36.4 Å². The Morgan fingerprint density at radius 1 is 1.53 bits per heavy atom. The number of nitrogen functional groups attached to an aromatic ring is 1. The van der Waals surface area contributed by atoms with E-state index in [4.69, 9.17) is 15.0 Å². The summed E-state index contributed by atoms with van der Waals surface area (Å²) in [6, 6.07) is 0. The summed E-state index contributed by atoms with van der Waals surface area (Å²) in [5, 5.41) is 7.66. The minimum atomic E-state index is 0.392. The largest absolute Gasteiger partial charge is 0.487 e. The molecule has 0 aromatic carbocycles. The molecule has 0 aliphatic carbocycles. The van der Waals surface area contributed by atoms with E-state index in [2.05, 4.69) is 19.8 Å². The highest BCUT2D eigenvalue weighted by atomic mass is 32.1.